The summed E-state index contributed by atoms with van der Waals surface area (Å²) >= 11 is 0. The second-order valence-corrected chi connectivity index (χ2v) is 4.21. The van der Waals surface area contributed by atoms with Gasteiger partial charge in [0.15, 0.2) is 0 Å². The molecule has 0 saturated carbocycles. The predicted octanol–water partition coefficient (Wildman–Crippen LogP) is 0.247. The van der Waals surface area contributed by atoms with Gasteiger partial charge in [-0.05, 0) is 20.3 Å². The molecule has 4 heteroatoms. The minimum Gasteiger partial charge on any atom is -0.394 e. The van der Waals surface area contributed by atoms with E-state index >= 15 is 0 Å². The third-order valence-corrected chi connectivity index (χ3v) is 2.76. The molecule has 0 aliphatic carbocycles. The molecule has 4 N–H and O–H groups in total. The van der Waals surface area contributed by atoms with E-state index in [2.05, 4.69) is 5.32 Å². The number of amides is 1. The number of hydrogen-bond donors (Lipinski definition) is 3. The molecule has 84 valence electrons. The summed E-state index contributed by atoms with van der Waals surface area (Å²) in [6.45, 7) is 7.27. The van der Waals surface area contributed by atoms with Gasteiger partial charge >= 0.3 is 0 Å². The summed E-state index contributed by atoms with van der Waals surface area (Å²) in [5.74, 6) is -0.328. The molecule has 0 bridgehead atoms. The maximum Gasteiger partial charge on any atom is 0.224 e. The molecule has 14 heavy (non-hydrogen) atoms. The zero-order valence-electron chi connectivity index (χ0n) is 9.50. The highest BCUT2D eigenvalue weighted by Crippen LogP contribution is 2.10. The Bertz CT molecular complexity index is 189. The molecule has 0 heterocycles. The summed E-state index contributed by atoms with van der Waals surface area (Å²) in [6.07, 6.45) is 0.695. The average Bonchev–Trinajstić information content (AvgIpc) is 2.16. The summed E-state index contributed by atoms with van der Waals surface area (Å²) in [6, 6.07) is -0.171. The number of nitrogens with two attached hydrogens (primary N) is 1. The van der Waals surface area contributed by atoms with E-state index in [0.29, 0.717) is 6.42 Å². The lowest BCUT2D eigenvalue weighted by molar-refractivity contribution is -0.127. The first kappa shape index (κ1) is 13.4. The van der Waals surface area contributed by atoms with Gasteiger partial charge in [0, 0.05) is 12.0 Å². The topological polar surface area (TPSA) is 75.3 Å². The Hall–Kier alpha value is -0.610. The molecule has 0 aliphatic rings. The van der Waals surface area contributed by atoms with Crippen molar-refractivity contribution in [3.8, 4) is 0 Å². The van der Waals surface area contributed by atoms with Gasteiger partial charge in [0.25, 0.3) is 0 Å². The summed E-state index contributed by atoms with van der Waals surface area (Å²) in [5.41, 5.74) is 5.09. The van der Waals surface area contributed by atoms with E-state index in [1.165, 1.54) is 0 Å². The van der Waals surface area contributed by atoms with Crippen LogP contribution in [0.3, 0.4) is 0 Å². The summed E-state index contributed by atoms with van der Waals surface area (Å²) < 4.78 is 0. The van der Waals surface area contributed by atoms with Crippen molar-refractivity contribution in [1.82, 2.24) is 5.32 Å². The molecule has 0 rings (SSSR count). The second kappa shape index (κ2) is 5.32. The Morgan fingerprint density at radius 2 is 2.07 bits per heavy atom. The van der Waals surface area contributed by atoms with Crippen molar-refractivity contribution < 1.29 is 9.90 Å². The number of aliphatic hydroxyl groups excluding tert-OH is 1. The smallest absolute Gasteiger partial charge is 0.224 e. The molecule has 0 radical (unpaired) electrons. The fourth-order valence-corrected chi connectivity index (χ4v) is 0.890. The number of nitrogens with one attached hydrogen (secondary N) is 1. The van der Waals surface area contributed by atoms with E-state index in [-0.39, 0.29) is 24.5 Å². The number of carbonyl (C=O) groups is 1. The lowest BCUT2D eigenvalue weighted by Gasteiger charge is -2.29. The van der Waals surface area contributed by atoms with Gasteiger partial charge in [-0.25, -0.2) is 0 Å². The highest BCUT2D eigenvalue weighted by atomic mass is 16.3. The molecule has 0 spiro atoms. The Morgan fingerprint density at radius 3 is 2.36 bits per heavy atom. The molecular formula is C10H22N2O2. The molecule has 0 fully saturated rings. The minimum atomic E-state index is -0.528. The lowest BCUT2D eigenvalue weighted by atomic mass is 9.97. The zero-order valence-corrected chi connectivity index (χ0v) is 9.50. The van der Waals surface area contributed by atoms with Gasteiger partial charge in [-0.2, -0.15) is 0 Å². The first-order chi connectivity index (χ1) is 6.36. The molecule has 0 saturated heterocycles. The van der Waals surface area contributed by atoms with Crippen LogP contribution in [-0.2, 0) is 4.79 Å². The van der Waals surface area contributed by atoms with Crippen molar-refractivity contribution in [2.75, 3.05) is 6.61 Å². The van der Waals surface area contributed by atoms with E-state index in [0.717, 1.165) is 0 Å². The number of hydrogen-bond acceptors (Lipinski definition) is 3. The van der Waals surface area contributed by atoms with Crippen LogP contribution in [0.15, 0.2) is 0 Å². The predicted molar refractivity (Wildman–Crippen MR) is 56.7 cm³/mol. The number of carbonyl (C=O) groups excluding carboxylic acids is 1. The van der Waals surface area contributed by atoms with E-state index < -0.39 is 5.54 Å². The Kier molecular flexibility index (Phi) is 5.08. The molecule has 4 nitrogen and oxygen atoms in total. The minimum absolute atomic E-state index is 0.0547. The molecule has 0 aromatic rings. The Balaban J connectivity index is 4.30. The van der Waals surface area contributed by atoms with Crippen LogP contribution < -0.4 is 11.1 Å². The maximum atomic E-state index is 11.6. The van der Waals surface area contributed by atoms with Gasteiger partial charge in [0.2, 0.25) is 5.91 Å². The highest BCUT2D eigenvalue weighted by molar-refractivity contribution is 5.79. The quantitative estimate of drug-likeness (QED) is 0.598. The standard InChI is InChI=1S/C10H22N2O2/c1-5-10(4,6-13)12-9(14)7(2)8(3)11/h7-8,13H,5-6,11H2,1-4H3,(H,12,14). The van der Waals surface area contributed by atoms with Gasteiger partial charge in [0.05, 0.1) is 12.1 Å². The van der Waals surface area contributed by atoms with Crippen LogP contribution in [0.2, 0.25) is 0 Å². The first-order valence-corrected chi connectivity index (χ1v) is 5.04. The van der Waals surface area contributed by atoms with Crippen molar-refractivity contribution in [2.24, 2.45) is 11.7 Å². The molecule has 3 unspecified atom stereocenters. The van der Waals surface area contributed by atoms with Crippen LogP contribution in [0.1, 0.15) is 34.1 Å². The average molecular weight is 202 g/mol. The van der Waals surface area contributed by atoms with Gasteiger partial charge < -0.3 is 16.2 Å². The fourth-order valence-electron chi connectivity index (χ4n) is 0.890. The monoisotopic (exact) mass is 202 g/mol. The van der Waals surface area contributed by atoms with Crippen molar-refractivity contribution in [2.45, 2.75) is 45.7 Å². The largest absolute Gasteiger partial charge is 0.394 e. The van der Waals surface area contributed by atoms with Gasteiger partial charge in [-0.15, -0.1) is 0 Å². The number of rotatable bonds is 5. The van der Waals surface area contributed by atoms with E-state index in [1.54, 1.807) is 13.8 Å². The van der Waals surface area contributed by atoms with Crippen LogP contribution in [0, 0.1) is 5.92 Å². The van der Waals surface area contributed by atoms with Crippen LogP contribution in [0.4, 0.5) is 0 Å². The Labute approximate surface area is 85.9 Å². The molecule has 0 aliphatic heterocycles. The van der Waals surface area contributed by atoms with Crippen LogP contribution >= 0.6 is 0 Å². The summed E-state index contributed by atoms with van der Waals surface area (Å²) in [4.78, 5) is 11.6. The summed E-state index contributed by atoms with van der Waals surface area (Å²) in [7, 11) is 0. The second-order valence-electron chi connectivity index (χ2n) is 4.21. The van der Waals surface area contributed by atoms with Crippen LogP contribution in [0.5, 0.6) is 0 Å². The Morgan fingerprint density at radius 1 is 1.57 bits per heavy atom. The van der Waals surface area contributed by atoms with E-state index in [9.17, 15) is 4.79 Å². The van der Waals surface area contributed by atoms with E-state index in [1.807, 2.05) is 13.8 Å². The van der Waals surface area contributed by atoms with Crippen LogP contribution in [0.25, 0.3) is 0 Å². The maximum absolute atomic E-state index is 11.6. The van der Waals surface area contributed by atoms with Gasteiger partial charge in [-0.1, -0.05) is 13.8 Å². The van der Waals surface area contributed by atoms with Gasteiger partial charge in [-0.3, -0.25) is 4.79 Å². The molecular weight excluding hydrogens is 180 g/mol. The van der Waals surface area contributed by atoms with Crippen LogP contribution in [-0.4, -0.2) is 29.2 Å². The van der Waals surface area contributed by atoms with Gasteiger partial charge in [0.1, 0.15) is 0 Å². The molecule has 0 aromatic carbocycles. The third kappa shape index (κ3) is 3.64. The van der Waals surface area contributed by atoms with E-state index in [4.69, 9.17) is 10.8 Å². The third-order valence-electron chi connectivity index (χ3n) is 2.76. The van der Waals surface area contributed by atoms with Crippen molar-refractivity contribution >= 4 is 5.91 Å². The normalized spacial score (nSPS) is 19.6. The lowest BCUT2D eigenvalue weighted by Crippen LogP contribution is -2.52. The number of aliphatic hydroxyl groups is 1. The fraction of sp³-hybridized carbons (Fsp3) is 0.900. The van der Waals surface area contributed by atoms with Crippen molar-refractivity contribution in [3.05, 3.63) is 0 Å². The molecule has 3 atom stereocenters. The van der Waals surface area contributed by atoms with Crippen molar-refractivity contribution in [1.29, 1.82) is 0 Å². The zero-order chi connectivity index (χ0) is 11.4. The SMILES string of the molecule is CCC(C)(CO)NC(=O)C(C)C(C)N. The molecule has 1 amide bonds. The highest BCUT2D eigenvalue weighted by Gasteiger charge is 2.26. The first-order valence-electron chi connectivity index (χ1n) is 5.04. The van der Waals surface area contributed by atoms with Crippen molar-refractivity contribution in [3.63, 3.8) is 0 Å². The molecule has 0 aromatic heterocycles. The summed E-state index contributed by atoms with van der Waals surface area (Å²) in [5, 5.41) is 11.9.